The van der Waals surface area contributed by atoms with Crippen LogP contribution < -0.4 is 11.3 Å². The van der Waals surface area contributed by atoms with Gasteiger partial charge in [-0.05, 0) is 24.3 Å². The first-order chi connectivity index (χ1) is 12.2. The molecule has 0 saturated heterocycles. The van der Waals surface area contributed by atoms with E-state index in [1.165, 1.54) is 6.07 Å². The Labute approximate surface area is 150 Å². The number of alkyl halides is 3. The van der Waals surface area contributed by atoms with Gasteiger partial charge in [-0.25, -0.2) is 4.79 Å². The van der Waals surface area contributed by atoms with Gasteiger partial charge in [0.05, 0.1) is 6.42 Å². The normalized spacial score (nSPS) is 12.1. The van der Waals surface area contributed by atoms with Crippen molar-refractivity contribution in [2.45, 2.75) is 19.1 Å². The summed E-state index contributed by atoms with van der Waals surface area (Å²) >= 11 is 5.80. The average Bonchev–Trinajstić information content (AvgIpc) is 2.57. The zero-order chi connectivity index (χ0) is 19.3. The number of amidine groups is 1. The molecule has 0 aliphatic rings. The highest BCUT2D eigenvalue weighted by atomic mass is 35.5. The number of pyridine rings is 1. The second-order valence-electron chi connectivity index (χ2n) is 5.12. The lowest BCUT2D eigenvalue weighted by Crippen LogP contribution is -2.28. The van der Waals surface area contributed by atoms with Gasteiger partial charge in [-0.1, -0.05) is 28.9 Å². The maximum absolute atomic E-state index is 12.7. The van der Waals surface area contributed by atoms with Crippen LogP contribution in [0, 0.1) is 0 Å². The van der Waals surface area contributed by atoms with Gasteiger partial charge >= 0.3 is 12.1 Å². The van der Waals surface area contributed by atoms with E-state index < -0.39 is 23.3 Å². The molecule has 0 saturated carbocycles. The Balaban J connectivity index is 1.99. The Hall–Kier alpha value is -2.81. The van der Waals surface area contributed by atoms with Crippen LogP contribution in [0.15, 0.2) is 52.5 Å². The number of carbonyl (C=O) groups is 1. The van der Waals surface area contributed by atoms with Crippen LogP contribution in [-0.2, 0) is 22.4 Å². The van der Waals surface area contributed by atoms with Gasteiger partial charge in [0.25, 0.3) is 5.56 Å². The summed E-state index contributed by atoms with van der Waals surface area (Å²) in [4.78, 5) is 28.0. The molecule has 2 N–H and O–H groups in total. The molecule has 0 aliphatic carbocycles. The summed E-state index contributed by atoms with van der Waals surface area (Å²) in [5.74, 6) is -0.962. The molecule has 2 rings (SSSR count). The number of nitrogens with two attached hydrogens (primary N) is 1. The molecule has 2 aromatic rings. The van der Waals surface area contributed by atoms with Gasteiger partial charge in [0, 0.05) is 23.3 Å². The summed E-state index contributed by atoms with van der Waals surface area (Å²) in [6.07, 6.45) is -3.99. The van der Waals surface area contributed by atoms with Crippen LogP contribution >= 0.6 is 11.6 Å². The molecule has 1 heterocycles. The number of benzene rings is 1. The van der Waals surface area contributed by atoms with Crippen molar-refractivity contribution in [2.24, 2.45) is 10.9 Å². The summed E-state index contributed by atoms with van der Waals surface area (Å²) in [7, 11) is 0. The molecular weight excluding hydrogens is 375 g/mol. The number of oxime groups is 1. The van der Waals surface area contributed by atoms with Crippen LogP contribution in [0.25, 0.3) is 0 Å². The summed E-state index contributed by atoms with van der Waals surface area (Å²) in [5, 5.41) is 3.86. The highest BCUT2D eigenvalue weighted by molar-refractivity contribution is 6.31. The van der Waals surface area contributed by atoms with E-state index in [1.807, 2.05) is 0 Å². The lowest BCUT2D eigenvalue weighted by atomic mass is 10.2. The fourth-order valence-electron chi connectivity index (χ4n) is 1.99. The Morgan fingerprint density at radius 2 is 2.00 bits per heavy atom. The summed E-state index contributed by atoms with van der Waals surface area (Å²) in [6.45, 7) is -0.297. The predicted molar refractivity (Wildman–Crippen MR) is 88.6 cm³/mol. The van der Waals surface area contributed by atoms with Crippen molar-refractivity contribution in [2.75, 3.05) is 0 Å². The third-order valence-corrected chi connectivity index (χ3v) is 3.48. The molecule has 1 aromatic heterocycles. The second-order valence-corrected chi connectivity index (χ2v) is 5.55. The van der Waals surface area contributed by atoms with Crippen LogP contribution in [0.5, 0.6) is 0 Å². The minimum Gasteiger partial charge on any atom is -0.380 e. The third kappa shape index (κ3) is 5.09. The molecule has 1 aromatic carbocycles. The third-order valence-electron chi connectivity index (χ3n) is 3.25. The number of carbonyl (C=O) groups excluding carboxylic acids is 1. The minimum absolute atomic E-state index is 0.0999. The molecule has 26 heavy (non-hydrogen) atoms. The Morgan fingerprint density at radius 3 is 2.65 bits per heavy atom. The Morgan fingerprint density at radius 1 is 1.27 bits per heavy atom. The van der Waals surface area contributed by atoms with E-state index in [-0.39, 0.29) is 18.8 Å². The van der Waals surface area contributed by atoms with Crippen molar-refractivity contribution in [3.8, 4) is 0 Å². The molecule has 0 atom stereocenters. The van der Waals surface area contributed by atoms with Crippen LogP contribution in [-0.4, -0.2) is 16.4 Å². The first-order valence-electron chi connectivity index (χ1n) is 7.24. The molecule has 0 aliphatic heterocycles. The maximum atomic E-state index is 12.7. The Kier molecular flexibility index (Phi) is 6.04. The average molecular weight is 388 g/mol. The van der Waals surface area contributed by atoms with Gasteiger partial charge in [-0.15, -0.1) is 0 Å². The van der Waals surface area contributed by atoms with Gasteiger partial charge in [0.15, 0.2) is 5.84 Å². The number of rotatable bonds is 5. The van der Waals surface area contributed by atoms with E-state index in [9.17, 15) is 22.8 Å². The second kappa shape index (κ2) is 8.05. The van der Waals surface area contributed by atoms with Crippen LogP contribution in [0.3, 0.4) is 0 Å². The van der Waals surface area contributed by atoms with E-state index in [0.29, 0.717) is 16.7 Å². The van der Waals surface area contributed by atoms with Crippen LogP contribution in [0.4, 0.5) is 13.2 Å². The van der Waals surface area contributed by atoms with E-state index in [1.54, 1.807) is 18.2 Å². The molecule has 6 nitrogen and oxygen atoms in total. The number of hydrogen-bond donors (Lipinski definition) is 1. The van der Waals surface area contributed by atoms with E-state index in [0.717, 1.165) is 16.8 Å². The highest BCUT2D eigenvalue weighted by Gasteiger charge is 2.34. The van der Waals surface area contributed by atoms with Gasteiger partial charge in [-0.3, -0.25) is 4.79 Å². The lowest BCUT2D eigenvalue weighted by molar-refractivity contribution is -0.143. The maximum Gasteiger partial charge on any atom is 0.421 e. The molecule has 0 spiro atoms. The quantitative estimate of drug-likeness (QED) is 0.370. The topological polar surface area (TPSA) is 86.7 Å². The smallest absolute Gasteiger partial charge is 0.380 e. The fraction of sp³-hybridized carbons (Fsp3) is 0.188. The van der Waals surface area contributed by atoms with Crippen molar-refractivity contribution in [3.05, 3.63) is 69.1 Å². The molecular formula is C16H13ClF3N3O3. The van der Waals surface area contributed by atoms with Crippen molar-refractivity contribution in [3.63, 3.8) is 0 Å². The van der Waals surface area contributed by atoms with Crippen molar-refractivity contribution in [1.29, 1.82) is 0 Å². The number of aryl methyl sites for hydroxylation is 1. The number of halogens is 4. The molecule has 0 bridgehead atoms. The van der Waals surface area contributed by atoms with Crippen LogP contribution in [0.2, 0.25) is 5.02 Å². The standard InChI is InChI=1S/C16H13ClF3N3O3/c17-11-4-1-3-10(9-11)14(21)22-26-13(24)6-8-23-7-2-5-12(15(23)25)16(18,19)20/h1-5,7,9H,6,8H2,(H2,21,22). The first kappa shape index (κ1) is 19.5. The predicted octanol–water partition coefficient (Wildman–Crippen LogP) is 2.77. The number of aromatic nitrogens is 1. The monoisotopic (exact) mass is 387 g/mol. The fourth-order valence-corrected chi connectivity index (χ4v) is 2.18. The van der Waals surface area contributed by atoms with E-state index >= 15 is 0 Å². The molecule has 138 valence electrons. The summed E-state index contributed by atoms with van der Waals surface area (Å²) in [5.41, 5.74) is 3.53. The lowest BCUT2D eigenvalue weighted by Gasteiger charge is -2.09. The zero-order valence-corrected chi connectivity index (χ0v) is 13.9. The molecule has 0 amide bonds. The molecule has 10 heteroatoms. The Bertz CT molecular complexity index is 894. The van der Waals surface area contributed by atoms with Gasteiger partial charge in [0.1, 0.15) is 5.56 Å². The van der Waals surface area contributed by atoms with Gasteiger partial charge in [0.2, 0.25) is 0 Å². The van der Waals surface area contributed by atoms with Gasteiger partial charge < -0.3 is 15.1 Å². The van der Waals surface area contributed by atoms with Crippen molar-refractivity contribution < 1.29 is 22.8 Å². The molecule has 0 radical (unpaired) electrons. The van der Waals surface area contributed by atoms with Gasteiger partial charge in [-0.2, -0.15) is 13.2 Å². The largest absolute Gasteiger partial charge is 0.421 e. The number of hydrogen-bond acceptors (Lipinski definition) is 4. The molecule has 0 unspecified atom stereocenters. The van der Waals surface area contributed by atoms with Crippen LogP contribution in [0.1, 0.15) is 17.5 Å². The highest BCUT2D eigenvalue weighted by Crippen LogP contribution is 2.25. The first-order valence-corrected chi connectivity index (χ1v) is 7.62. The number of nitrogens with zero attached hydrogens (tertiary/aromatic N) is 2. The van der Waals surface area contributed by atoms with Crippen molar-refractivity contribution >= 4 is 23.4 Å². The minimum atomic E-state index is -4.77. The zero-order valence-electron chi connectivity index (χ0n) is 13.2. The van der Waals surface area contributed by atoms with E-state index in [4.69, 9.17) is 17.3 Å². The SMILES string of the molecule is NC(=NOC(=O)CCn1cccc(C(F)(F)F)c1=O)c1cccc(Cl)c1. The summed E-state index contributed by atoms with van der Waals surface area (Å²) < 4.78 is 38.8. The summed E-state index contributed by atoms with van der Waals surface area (Å²) in [6, 6.07) is 8.11. The van der Waals surface area contributed by atoms with E-state index in [2.05, 4.69) is 9.99 Å². The van der Waals surface area contributed by atoms with Crippen molar-refractivity contribution in [1.82, 2.24) is 4.57 Å². The molecule has 0 fully saturated rings.